The molecule has 0 fully saturated rings. The summed E-state index contributed by atoms with van der Waals surface area (Å²) < 4.78 is 0. The SMILES string of the molecule is CC[C@H]1C2=C(CC(C)(C)CC2=O)Nc2ccccc2N1C(=O)CBr. The standard InChI is InChI=1S/C19H23BrN2O2/c1-4-14-18-13(9-19(2,3)10-16(18)23)21-12-7-5-6-8-15(12)22(14)17(24)11-20/h5-8,14,21H,4,9-11H2,1-3H3/t14-/m0/s1. The molecule has 0 saturated heterocycles. The third-order valence-electron chi connectivity index (χ3n) is 4.78. The van der Waals surface area contributed by atoms with Crippen molar-refractivity contribution in [3.8, 4) is 0 Å². The van der Waals surface area contributed by atoms with Crippen molar-refractivity contribution in [1.82, 2.24) is 0 Å². The fraction of sp³-hybridized carbons (Fsp3) is 0.474. The van der Waals surface area contributed by atoms with E-state index in [1.165, 1.54) is 0 Å². The highest BCUT2D eigenvalue weighted by atomic mass is 79.9. The fourth-order valence-electron chi connectivity index (χ4n) is 3.84. The minimum atomic E-state index is -0.218. The van der Waals surface area contributed by atoms with Gasteiger partial charge in [-0.15, -0.1) is 0 Å². The third-order valence-corrected chi connectivity index (χ3v) is 5.26. The molecule has 0 aromatic heterocycles. The fourth-order valence-corrected chi connectivity index (χ4v) is 4.11. The largest absolute Gasteiger partial charge is 0.357 e. The van der Waals surface area contributed by atoms with Crippen LogP contribution in [0.4, 0.5) is 11.4 Å². The number of nitrogens with zero attached hydrogens (tertiary/aromatic N) is 1. The van der Waals surface area contributed by atoms with Crippen LogP contribution in [0.2, 0.25) is 0 Å². The number of fused-ring (bicyclic) bond motifs is 1. The lowest BCUT2D eigenvalue weighted by Gasteiger charge is -2.36. The number of nitrogens with one attached hydrogen (secondary N) is 1. The Kier molecular flexibility index (Phi) is 4.56. The summed E-state index contributed by atoms with van der Waals surface area (Å²) in [6.07, 6.45) is 2.05. The molecule has 0 radical (unpaired) electrons. The van der Waals surface area contributed by atoms with Gasteiger partial charge in [-0.25, -0.2) is 0 Å². The Bertz CT molecular complexity index is 724. The summed E-state index contributed by atoms with van der Waals surface area (Å²) in [4.78, 5) is 27.4. The minimum Gasteiger partial charge on any atom is -0.357 e. The van der Waals surface area contributed by atoms with E-state index in [0.717, 1.165) is 29.1 Å². The van der Waals surface area contributed by atoms with Gasteiger partial charge < -0.3 is 10.2 Å². The molecule has 0 saturated carbocycles. The van der Waals surface area contributed by atoms with E-state index in [1.807, 2.05) is 31.2 Å². The summed E-state index contributed by atoms with van der Waals surface area (Å²) in [6, 6.07) is 7.57. The van der Waals surface area contributed by atoms with Gasteiger partial charge in [0.05, 0.1) is 22.7 Å². The summed E-state index contributed by atoms with van der Waals surface area (Å²) in [6.45, 7) is 6.27. The van der Waals surface area contributed by atoms with Crippen LogP contribution in [0, 0.1) is 5.41 Å². The van der Waals surface area contributed by atoms with E-state index in [0.29, 0.717) is 12.8 Å². The summed E-state index contributed by atoms with van der Waals surface area (Å²) in [5.74, 6) is 0.128. The highest BCUT2D eigenvalue weighted by Gasteiger charge is 2.41. The number of halogens is 1. The first-order valence-corrected chi connectivity index (χ1v) is 9.50. The van der Waals surface area contributed by atoms with Crippen LogP contribution in [0.1, 0.15) is 40.0 Å². The number of benzene rings is 1. The number of hydrogen-bond donors (Lipinski definition) is 1. The van der Waals surface area contributed by atoms with Crippen LogP contribution in [0.25, 0.3) is 0 Å². The maximum atomic E-state index is 12.9. The lowest BCUT2D eigenvalue weighted by Crippen LogP contribution is -2.45. The zero-order valence-electron chi connectivity index (χ0n) is 14.4. The highest BCUT2D eigenvalue weighted by Crippen LogP contribution is 2.44. The predicted octanol–water partition coefficient (Wildman–Crippen LogP) is 4.26. The van der Waals surface area contributed by atoms with Crippen LogP contribution in [-0.2, 0) is 9.59 Å². The number of ketones is 1. The monoisotopic (exact) mass is 390 g/mol. The normalized spacial score (nSPS) is 22.4. The zero-order valence-corrected chi connectivity index (χ0v) is 15.9. The molecule has 1 aromatic rings. The first kappa shape index (κ1) is 17.2. The topological polar surface area (TPSA) is 49.4 Å². The molecule has 24 heavy (non-hydrogen) atoms. The molecule has 128 valence electrons. The van der Waals surface area contributed by atoms with Crippen molar-refractivity contribution in [3.63, 3.8) is 0 Å². The molecule has 5 heteroatoms. The van der Waals surface area contributed by atoms with Gasteiger partial charge in [-0.05, 0) is 30.4 Å². The van der Waals surface area contributed by atoms with Crippen molar-refractivity contribution in [2.24, 2.45) is 5.41 Å². The third kappa shape index (κ3) is 2.90. The van der Waals surface area contributed by atoms with Crippen molar-refractivity contribution in [2.45, 2.75) is 46.1 Å². The minimum absolute atomic E-state index is 0.0255. The van der Waals surface area contributed by atoms with E-state index < -0.39 is 0 Å². The van der Waals surface area contributed by atoms with Crippen molar-refractivity contribution in [3.05, 3.63) is 35.5 Å². The van der Waals surface area contributed by atoms with E-state index >= 15 is 0 Å². The first-order valence-electron chi connectivity index (χ1n) is 8.38. The zero-order chi connectivity index (χ0) is 17.5. The van der Waals surface area contributed by atoms with Gasteiger partial charge in [0.2, 0.25) is 5.91 Å². The van der Waals surface area contributed by atoms with Crippen LogP contribution < -0.4 is 10.2 Å². The lowest BCUT2D eigenvalue weighted by atomic mass is 9.74. The van der Waals surface area contributed by atoms with E-state index in [1.54, 1.807) is 4.90 Å². The van der Waals surface area contributed by atoms with Gasteiger partial charge in [-0.1, -0.05) is 48.8 Å². The van der Waals surface area contributed by atoms with Crippen LogP contribution in [0.15, 0.2) is 35.5 Å². The number of carbonyl (C=O) groups is 2. The predicted molar refractivity (Wildman–Crippen MR) is 100 cm³/mol. The molecule has 1 aromatic carbocycles. The Morgan fingerprint density at radius 1 is 1.33 bits per heavy atom. The van der Waals surface area contributed by atoms with E-state index in [-0.39, 0.29) is 28.5 Å². The Hall–Kier alpha value is -1.62. The van der Waals surface area contributed by atoms with E-state index in [9.17, 15) is 9.59 Å². The van der Waals surface area contributed by atoms with Crippen LogP contribution in [0.3, 0.4) is 0 Å². The second kappa shape index (κ2) is 6.36. The quantitative estimate of drug-likeness (QED) is 0.767. The molecular formula is C19H23BrN2O2. The number of rotatable bonds is 2. The van der Waals surface area contributed by atoms with Crippen molar-refractivity contribution < 1.29 is 9.59 Å². The molecule has 1 aliphatic carbocycles. The van der Waals surface area contributed by atoms with Gasteiger partial charge in [0.1, 0.15) is 0 Å². The molecule has 0 unspecified atom stereocenters. The number of allylic oxidation sites excluding steroid dienone is 1. The number of Topliss-reactive ketones (excluding diaryl/α,β-unsaturated/α-hetero) is 1. The van der Waals surface area contributed by atoms with Crippen LogP contribution in [0.5, 0.6) is 0 Å². The second-order valence-corrected chi connectivity index (χ2v) is 7.86. The number of hydrogen-bond acceptors (Lipinski definition) is 3. The van der Waals surface area contributed by atoms with Crippen molar-refractivity contribution >= 4 is 39.0 Å². The summed E-state index contributed by atoms with van der Waals surface area (Å²) in [7, 11) is 0. The van der Waals surface area contributed by atoms with Gasteiger partial charge in [0, 0.05) is 17.7 Å². The van der Waals surface area contributed by atoms with Crippen LogP contribution in [-0.4, -0.2) is 23.1 Å². The maximum absolute atomic E-state index is 12.9. The smallest absolute Gasteiger partial charge is 0.238 e. The molecule has 1 aliphatic heterocycles. The maximum Gasteiger partial charge on any atom is 0.238 e. The van der Waals surface area contributed by atoms with Gasteiger partial charge in [-0.2, -0.15) is 0 Å². The Balaban J connectivity index is 2.21. The molecule has 1 atom stereocenters. The number of para-hydroxylation sites is 2. The molecule has 2 aliphatic rings. The summed E-state index contributed by atoms with van der Waals surface area (Å²) in [5.41, 5.74) is 3.42. The molecule has 0 bridgehead atoms. The number of alkyl halides is 1. The molecule has 0 spiro atoms. The Labute approximate surface area is 151 Å². The Morgan fingerprint density at radius 2 is 2.04 bits per heavy atom. The average molecular weight is 391 g/mol. The molecule has 1 N–H and O–H groups in total. The van der Waals surface area contributed by atoms with Crippen molar-refractivity contribution in [1.29, 1.82) is 0 Å². The number of carbonyl (C=O) groups excluding carboxylic acids is 2. The number of amides is 1. The molecule has 4 nitrogen and oxygen atoms in total. The van der Waals surface area contributed by atoms with Crippen molar-refractivity contribution in [2.75, 3.05) is 15.5 Å². The summed E-state index contributed by atoms with van der Waals surface area (Å²) in [5, 5.41) is 3.71. The summed E-state index contributed by atoms with van der Waals surface area (Å²) >= 11 is 3.29. The second-order valence-electron chi connectivity index (χ2n) is 7.30. The lowest BCUT2D eigenvalue weighted by molar-refractivity contribution is -0.118. The first-order chi connectivity index (χ1) is 11.4. The van der Waals surface area contributed by atoms with Crippen LogP contribution >= 0.6 is 15.9 Å². The Morgan fingerprint density at radius 3 is 2.71 bits per heavy atom. The molecular weight excluding hydrogens is 368 g/mol. The highest BCUT2D eigenvalue weighted by molar-refractivity contribution is 9.09. The van der Waals surface area contributed by atoms with Gasteiger partial charge in [-0.3, -0.25) is 9.59 Å². The van der Waals surface area contributed by atoms with E-state index in [2.05, 4.69) is 35.1 Å². The molecule has 1 amide bonds. The number of anilines is 2. The van der Waals surface area contributed by atoms with Gasteiger partial charge in [0.25, 0.3) is 0 Å². The molecule has 3 rings (SSSR count). The van der Waals surface area contributed by atoms with E-state index in [4.69, 9.17) is 0 Å². The average Bonchev–Trinajstić information content (AvgIpc) is 2.66. The van der Waals surface area contributed by atoms with Gasteiger partial charge in [0.15, 0.2) is 5.78 Å². The molecule has 1 heterocycles. The van der Waals surface area contributed by atoms with Gasteiger partial charge >= 0.3 is 0 Å².